The second kappa shape index (κ2) is 10.7. The number of nitrogens with one attached hydrogen (secondary N) is 1. The molecule has 1 aliphatic heterocycles. The van der Waals surface area contributed by atoms with E-state index >= 15 is 0 Å². The first-order valence-corrected chi connectivity index (χ1v) is 7.81. The first kappa shape index (κ1) is 21.0. The quantitative estimate of drug-likeness (QED) is 0.830. The zero-order valence-corrected chi connectivity index (χ0v) is 15.3. The molecule has 1 atom stereocenters. The Morgan fingerprint density at radius 2 is 1.90 bits per heavy atom. The predicted octanol–water partition coefficient (Wildman–Crippen LogP) is 4.63. The zero-order valence-electron chi connectivity index (χ0n) is 12.9. The van der Waals surface area contributed by atoms with Crippen LogP contribution in [0, 0.1) is 6.92 Å². The van der Waals surface area contributed by atoms with Crippen molar-refractivity contribution in [3.05, 3.63) is 34.3 Å². The SMILES string of the molecule is CCCC[C@@H](c1ccc(Cl)cc1C)N1CCNCC1.Cl.Cl. The Morgan fingerprint density at radius 3 is 2.48 bits per heavy atom. The highest BCUT2D eigenvalue weighted by Crippen LogP contribution is 2.30. The maximum absolute atomic E-state index is 6.09. The van der Waals surface area contributed by atoms with Crippen LogP contribution in [0.1, 0.15) is 43.4 Å². The van der Waals surface area contributed by atoms with E-state index in [0.29, 0.717) is 6.04 Å². The Labute approximate surface area is 146 Å². The number of hydrogen-bond donors (Lipinski definition) is 1. The molecule has 2 nitrogen and oxygen atoms in total. The normalized spacial score (nSPS) is 16.7. The molecule has 1 fully saturated rings. The largest absolute Gasteiger partial charge is 0.314 e. The lowest BCUT2D eigenvalue weighted by Crippen LogP contribution is -2.45. The minimum Gasteiger partial charge on any atom is -0.314 e. The van der Waals surface area contributed by atoms with Crippen molar-refractivity contribution in [1.82, 2.24) is 10.2 Å². The topological polar surface area (TPSA) is 15.3 Å². The van der Waals surface area contributed by atoms with Crippen LogP contribution in [0.25, 0.3) is 0 Å². The molecule has 1 aliphatic rings. The molecule has 1 aromatic rings. The van der Waals surface area contributed by atoms with Gasteiger partial charge in [0.05, 0.1) is 0 Å². The molecule has 2 rings (SSSR count). The highest BCUT2D eigenvalue weighted by atomic mass is 35.5. The van der Waals surface area contributed by atoms with Gasteiger partial charge in [-0.15, -0.1) is 24.8 Å². The summed E-state index contributed by atoms with van der Waals surface area (Å²) < 4.78 is 0. The molecule has 0 amide bonds. The van der Waals surface area contributed by atoms with E-state index in [0.717, 1.165) is 31.2 Å². The lowest BCUT2D eigenvalue weighted by Gasteiger charge is -2.36. The molecule has 1 saturated heterocycles. The second-order valence-corrected chi connectivity index (χ2v) is 5.88. The van der Waals surface area contributed by atoms with E-state index in [1.807, 2.05) is 6.07 Å². The number of piperazine rings is 1. The van der Waals surface area contributed by atoms with Crippen molar-refractivity contribution in [2.45, 2.75) is 39.2 Å². The van der Waals surface area contributed by atoms with Crippen LogP contribution >= 0.6 is 36.4 Å². The summed E-state index contributed by atoms with van der Waals surface area (Å²) in [6.07, 6.45) is 3.80. The average molecular weight is 354 g/mol. The molecule has 0 aliphatic carbocycles. The second-order valence-electron chi connectivity index (χ2n) is 5.44. The number of unbranched alkanes of at least 4 members (excludes halogenated alkanes) is 1. The van der Waals surface area contributed by atoms with Crippen molar-refractivity contribution < 1.29 is 0 Å². The first-order valence-electron chi connectivity index (χ1n) is 7.43. The van der Waals surface area contributed by atoms with E-state index in [1.54, 1.807) is 0 Å². The van der Waals surface area contributed by atoms with E-state index < -0.39 is 0 Å². The number of benzene rings is 1. The number of aryl methyl sites for hydroxylation is 1. The molecular formula is C16H27Cl3N2. The molecular weight excluding hydrogens is 327 g/mol. The van der Waals surface area contributed by atoms with Gasteiger partial charge in [-0.25, -0.2) is 0 Å². The van der Waals surface area contributed by atoms with Gasteiger partial charge in [0.15, 0.2) is 0 Å². The lowest BCUT2D eigenvalue weighted by molar-refractivity contribution is 0.162. The minimum atomic E-state index is 0. The van der Waals surface area contributed by atoms with Gasteiger partial charge in [-0.2, -0.15) is 0 Å². The van der Waals surface area contributed by atoms with Gasteiger partial charge in [0, 0.05) is 37.2 Å². The lowest BCUT2D eigenvalue weighted by atomic mass is 9.95. The molecule has 0 bridgehead atoms. The van der Waals surface area contributed by atoms with Gasteiger partial charge < -0.3 is 5.32 Å². The molecule has 0 saturated carbocycles. The van der Waals surface area contributed by atoms with Crippen molar-refractivity contribution in [3.63, 3.8) is 0 Å². The minimum absolute atomic E-state index is 0. The zero-order chi connectivity index (χ0) is 13.7. The summed E-state index contributed by atoms with van der Waals surface area (Å²) in [5.74, 6) is 0. The number of halogens is 3. The van der Waals surface area contributed by atoms with Gasteiger partial charge in [0.1, 0.15) is 0 Å². The molecule has 21 heavy (non-hydrogen) atoms. The molecule has 0 spiro atoms. The Balaban J connectivity index is 0.00000200. The van der Waals surface area contributed by atoms with Crippen LogP contribution in [0.2, 0.25) is 5.02 Å². The summed E-state index contributed by atoms with van der Waals surface area (Å²) in [6, 6.07) is 6.91. The summed E-state index contributed by atoms with van der Waals surface area (Å²) >= 11 is 6.09. The highest BCUT2D eigenvalue weighted by molar-refractivity contribution is 6.30. The Morgan fingerprint density at radius 1 is 1.24 bits per heavy atom. The smallest absolute Gasteiger partial charge is 0.0408 e. The van der Waals surface area contributed by atoms with Gasteiger partial charge in [0.25, 0.3) is 0 Å². The predicted molar refractivity (Wildman–Crippen MR) is 97.4 cm³/mol. The van der Waals surface area contributed by atoms with Gasteiger partial charge in [-0.3, -0.25) is 4.90 Å². The monoisotopic (exact) mass is 352 g/mol. The molecule has 0 aromatic heterocycles. The third kappa shape index (κ3) is 5.96. The summed E-state index contributed by atoms with van der Waals surface area (Å²) in [5.41, 5.74) is 2.78. The van der Waals surface area contributed by atoms with Crippen molar-refractivity contribution in [3.8, 4) is 0 Å². The van der Waals surface area contributed by atoms with Gasteiger partial charge in [0.2, 0.25) is 0 Å². The van der Waals surface area contributed by atoms with Gasteiger partial charge >= 0.3 is 0 Å². The average Bonchev–Trinajstić information content (AvgIpc) is 2.42. The molecule has 0 radical (unpaired) electrons. The van der Waals surface area contributed by atoms with Crippen LogP contribution in [0.5, 0.6) is 0 Å². The van der Waals surface area contributed by atoms with E-state index in [1.165, 1.54) is 30.4 Å². The first-order chi connectivity index (χ1) is 9.22. The maximum atomic E-state index is 6.09. The summed E-state index contributed by atoms with van der Waals surface area (Å²) in [5, 5.41) is 4.28. The number of rotatable bonds is 5. The van der Waals surface area contributed by atoms with Crippen LogP contribution in [-0.2, 0) is 0 Å². The summed E-state index contributed by atoms with van der Waals surface area (Å²) in [6.45, 7) is 8.96. The van der Waals surface area contributed by atoms with Crippen molar-refractivity contribution in [1.29, 1.82) is 0 Å². The standard InChI is InChI=1S/C16H25ClN2.2ClH/c1-3-4-5-16(19-10-8-18-9-11-19)15-7-6-14(17)12-13(15)2;;/h6-7,12,16,18H,3-5,8-11H2,1-2H3;2*1H/t16-;;/m0../s1. The van der Waals surface area contributed by atoms with E-state index in [4.69, 9.17) is 11.6 Å². The summed E-state index contributed by atoms with van der Waals surface area (Å²) in [4.78, 5) is 2.63. The Hall–Kier alpha value is 0.01000. The van der Waals surface area contributed by atoms with Crippen LogP contribution in [0.15, 0.2) is 18.2 Å². The van der Waals surface area contributed by atoms with Gasteiger partial charge in [-0.05, 0) is 36.6 Å². The van der Waals surface area contributed by atoms with E-state index in [2.05, 4.69) is 36.2 Å². The maximum Gasteiger partial charge on any atom is 0.0408 e. The highest BCUT2D eigenvalue weighted by Gasteiger charge is 2.22. The molecule has 1 aromatic carbocycles. The van der Waals surface area contributed by atoms with Crippen molar-refractivity contribution in [2.24, 2.45) is 0 Å². The fourth-order valence-electron chi connectivity index (χ4n) is 2.94. The van der Waals surface area contributed by atoms with Gasteiger partial charge in [-0.1, -0.05) is 37.4 Å². The molecule has 0 unspecified atom stereocenters. The molecule has 122 valence electrons. The third-order valence-corrected chi connectivity index (χ3v) is 4.25. The third-order valence-electron chi connectivity index (χ3n) is 4.01. The number of nitrogens with zero attached hydrogens (tertiary/aromatic N) is 1. The summed E-state index contributed by atoms with van der Waals surface area (Å²) in [7, 11) is 0. The van der Waals surface area contributed by atoms with Crippen LogP contribution in [-0.4, -0.2) is 31.1 Å². The Bertz CT molecular complexity index is 407. The van der Waals surface area contributed by atoms with Crippen molar-refractivity contribution in [2.75, 3.05) is 26.2 Å². The molecule has 1 heterocycles. The molecule has 1 N–H and O–H groups in total. The van der Waals surface area contributed by atoms with E-state index in [-0.39, 0.29) is 24.8 Å². The fraction of sp³-hybridized carbons (Fsp3) is 0.625. The molecule has 5 heteroatoms. The van der Waals surface area contributed by atoms with Crippen LogP contribution < -0.4 is 5.32 Å². The van der Waals surface area contributed by atoms with Crippen molar-refractivity contribution >= 4 is 36.4 Å². The van der Waals surface area contributed by atoms with Crippen LogP contribution in [0.4, 0.5) is 0 Å². The Kier molecular flexibility index (Phi) is 10.7. The number of hydrogen-bond acceptors (Lipinski definition) is 2. The van der Waals surface area contributed by atoms with E-state index in [9.17, 15) is 0 Å². The van der Waals surface area contributed by atoms with Crippen LogP contribution in [0.3, 0.4) is 0 Å². The fourth-order valence-corrected chi connectivity index (χ4v) is 3.17.